The van der Waals surface area contributed by atoms with Gasteiger partial charge in [-0.2, -0.15) is 0 Å². The summed E-state index contributed by atoms with van der Waals surface area (Å²) in [6.07, 6.45) is 0.453. The number of amides is 1. The molecule has 2 fully saturated rings. The summed E-state index contributed by atoms with van der Waals surface area (Å²) in [4.78, 5) is 26.2. The first-order chi connectivity index (χ1) is 9.54. The molecule has 2 atom stereocenters. The standard InChI is InChI=1S/C13H14ClNO4S/c14-9-1-4-20-10(9)11(16)15-5-8-6-19-3-2-13(8,7-15)12(17)18/h1,4,8H,2-3,5-7H2,(H,17,18)/t8-,13+/m1/s1. The molecule has 2 aliphatic heterocycles. The van der Waals surface area contributed by atoms with Gasteiger partial charge in [-0.25, -0.2) is 0 Å². The maximum atomic E-state index is 12.5. The highest BCUT2D eigenvalue weighted by Crippen LogP contribution is 2.43. The molecular weight excluding hydrogens is 302 g/mol. The minimum atomic E-state index is -0.863. The van der Waals surface area contributed by atoms with Crippen LogP contribution in [0.25, 0.3) is 0 Å². The molecule has 3 rings (SSSR count). The summed E-state index contributed by atoms with van der Waals surface area (Å²) in [5.74, 6) is -1.16. The van der Waals surface area contributed by atoms with Gasteiger partial charge >= 0.3 is 5.97 Å². The van der Waals surface area contributed by atoms with Crippen LogP contribution in [-0.2, 0) is 9.53 Å². The number of nitrogens with zero attached hydrogens (tertiary/aromatic N) is 1. The number of carboxylic acids is 1. The Morgan fingerprint density at radius 3 is 2.95 bits per heavy atom. The second-order valence-electron chi connectivity index (χ2n) is 5.27. The Labute approximate surface area is 125 Å². The van der Waals surface area contributed by atoms with Crippen molar-refractivity contribution in [3.05, 3.63) is 21.3 Å². The molecule has 1 aromatic rings. The minimum Gasteiger partial charge on any atom is -0.481 e. The number of hydrogen-bond acceptors (Lipinski definition) is 4. The summed E-state index contributed by atoms with van der Waals surface area (Å²) in [6.45, 7) is 1.49. The normalized spacial score (nSPS) is 29.2. The fourth-order valence-electron chi connectivity index (χ4n) is 3.04. The van der Waals surface area contributed by atoms with Crippen LogP contribution >= 0.6 is 22.9 Å². The molecule has 20 heavy (non-hydrogen) atoms. The predicted octanol–water partition coefficient (Wildman–Crippen LogP) is 1.96. The Balaban J connectivity index is 1.86. The lowest BCUT2D eigenvalue weighted by atomic mass is 9.74. The van der Waals surface area contributed by atoms with E-state index in [0.717, 1.165) is 0 Å². The molecule has 1 aromatic heterocycles. The zero-order chi connectivity index (χ0) is 14.3. The van der Waals surface area contributed by atoms with Crippen LogP contribution in [0.4, 0.5) is 0 Å². The lowest BCUT2D eigenvalue weighted by Crippen LogP contribution is -2.45. The number of fused-ring (bicyclic) bond motifs is 1. The molecule has 108 valence electrons. The Hall–Kier alpha value is -1.11. The maximum Gasteiger partial charge on any atom is 0.311 e. The molecule has 3 heterocycles. The average Bonchev–Trinajstić information content (AvgIpc) is 3.01. The molecule has 7 heteroatoms. The Kier molecular flexibility index (Phi) is 3.48. The molecule has 1 amide bonds. The van der Waals surface area contributed by atoms with E-state index in [2.05, 4.69) is 0 Å². The van der Waals surface area contributed by atoms with Gasteiger partial charge in [0.2, 0.25) is 0 Å². The van der Waals surface area contributed by atoms with Crippen LogP contribution in [0, 0.1) is 11.3 Å². The SMILES string of the molecule is O=C(c1sccc1Cl)N1C[C@@H]2COCC[C@]2(C(=O)O)C1. The van der Waals surface area contributed by atoms with Crippen molar-refractivity contribution in [3.63, 3.8) is 0 Å². The average molecular weight is 316 g/mol. The highest BCUT2D eigenvalue weighted by molar-refractivity contribution is 7.12. The quantitative estimate of drug-likeness (QED) is 0.906. The molecule has 0 unspecified atom stereocenters. The zero-order valence-corrected chi connectivity index (χ0v) is 12.2. The number of aliphatic carboxylic acids is 1. The molecule has 0 radical (unpaired) electrons. The van der Waals surface area contributed by atoms with Gasteiger partial charge in [-0.15, -0.1) is 11.3 Å². The first-order valence-corrected chi connectivity index (χ1v) is 7.64. The summed E-state index contributed by atoms with van der Waals surface area (Å²) < 4.78 is 5.38. The Bertz CT molecular complexity index is 560. The molecule has 2 saturated heterocycles. The van der Waals surface area contributed by atoms with E-state index in [9.17, 15) is 14.7 Å². The number of carbonyl (C=O) groups excluding carboxylic acids is 1. The van der Waals surface area contributed by atoms with Gasteiger partial charge in [-0.05, 0) is 17.9 Å². The van der Waals surface area contributed by atoms with Crippen molar-refractivity contribution in [1.82, 2.24) is 4.90 Å². The predicted molar refractivity (Wildman–Crippen MR) is 74.2 cm³/mol. The van der Waals surface area contributed by atoms with E-state index >= 15 is 0 Å². The molecule has 1 N–H and O–H groups in total. The summed E-state index contributed by atoms with van der Waals surface area (Å²) in [5, 5.41) is 11.8. The van der Waals surface area contributed by atoms with Gasteiger partial charge in [0, 0.05) is 25.6 Å². The van der Waals surface area contributed by atoms with Gasteiger partial charge in [0.05, 0.1) is 17.0 Å². The maximum absolute atomic E-state index is 12.5. The van der Waals surface area contributed by atoms with Gasteiger partial charge in [-0.3, -0.25) is 9.59 Å². The lowest BCUT2D eigenvalue weighted by molar-refractivity contribution is -0.157. The van der Waals surface area contributed by atoms with Gasteiger partial charge in [0.25, 0.3) is 5.91 Å². The van der Waals surface area contributed by atoms with Crippen LogP contribution in [0.3, 0.4) is 0 Å². The van der Waals surface area contributed by atoms with E-state index in [1.807, 2.05) is 0 Å². The van der Waals surface area contributed by atoms with Crippen molar-refractivity contribution < 1.29 is 19.4 Å². The van der Waals surface area contributed by atoms with Gasteiger partial charge in [-0.1, -0.05) is 11.6 Å². The molecule has 5 nitrogen and oxygen atoms in total. The number of hydrogen-bond donors (Lipinski definition) is 1. The van der Waals surface area contributed by atoms with Gasteiger partial charge in [0.15, 0.2) is 0 Å². The third-order valence-corrected chi connectivity index (χ3v) is 5.56. The molecule has 2 aliphatic rings. The molecule has 0 bridgehead atoms. The second kappa shape index (κ2) is 5.02. The van der Waals surface area contributed by atoms with E-state index in [1.165, 1.54) is 11.3 Å². The van der Waals surface area contributed by atoms with E-state index in [1.54, 1.807) is 16.3 Å². The topological polar surface area (TPSA) is 66.8 Å². The van der Waals surface area contributed by atoms with Crippen LogP contribution in [0.1, 0.15) is 16.1 Å². The summed E-state index contributed by atoms with van der Waals surface area (Å²) in [5.41, 5.74) is -0.863. The van der Waals surface area contributed by atoms with Crippen molar-refractivity contribution >= 4 is 34.8 Å². The number of likely N-dealkylation sites (tertiary alicyclic amines) is 1. The van der Waals surface area contributed by atoms with E-state index in [4.69, 9.17) is 16.3 Å². The highest BCUT2D eigenvalue weighted by Gasteiger charge is 2.55. The van der Waals surface area contributed by atoms with Gasteiger partial charge in [0.1, 0.15) is 4.88 Å². The van der Waals surface area contributed by atoms with Crippen molar-refractivity contribution in [1.29, 1.82) is 0 Å². The van der Waals surface area contributed by atoms with Crippen LogP contribution in [-0.4, -0.2) is 48.2 Å². The first kappa shape index (κ1) is 13.9. The van der Waals surface area contributed by atoms with Crippen molar-refractivity contribution in [3.8, 4) is 0 Å². The van der Waals surface area contributed by atoms with Crippen molar-refractivity contribution in [2.45, 2.75) is 6.42 Å². The number of rotatable bonds is 2. The van der Waals surface area contributed by atoms with E-state index < -0.39 is 11.4 Å². The number of thiophene rings is 1. The fraction of sp³-hybridized carbons (Fsp3) is 0.538. The monoisotopic (exact) mass is 315 g/mol. The van der Waals surface area contributed by atoms with Crippen LogP contribution in [0.2, 0.25) is 5.02 Å². The number of ether oxygens (including phenoxy) is 1. The third-order valence-electron chi connectivity index (χ3n) is 4.23. The zero-order valence-electron chi connectivity index (χ0n) is 10.7. The number of carbonyl (C=O) groups is 2. The summed E-state index contributed by atoms with van der Waals surface area (Å²) in [7, 11) is 0. The molecule has 0 saturated carbocycles. The van der Waals surface area contributed by atoms with Crippen LogP contribution in [0.15, 0.2) is 11.4 Å². The van der Waals surface area contributed by atoms with Crippen LogP contribution in [0.5, 0.6) is 0 Å². The molecule has 0 aromatic carbocycles. The largest absolute Gasteiger partial charge is 0.481 e. The summed E-state index contributed by atoms with van der Waals surface area (Å²) in [6, 6.07) is 1.68. The lowest BCUT2D eigenvalue weighted by Gasteiger charge is -2.33. The third kappa shape index (κ3) is 2.03. The van der Waals surface area contributed by atoms with Crippen molar-refractivity contribution in [2.24, 2.45) is 11.3 Å². The highest BCUT2D eigenvalue weighted by atomic mass is 35.5. The number of halogens is 1. The van der Waals surface area contributed by atoms with Crippen molar-refractivity contribution in [2.75, 3.05) is 26.3 Å². The first-order valence-electron chi connectivity index (χ1n) is 6.38. The van der Waals surface area contributed by atoms with Gasteiger partial charge < -0.3 is 14.7 Å². The second-order valence-corrected chi connectivity index (χ2v) is 6.59. The number of carboxylic acid groups (broad SMARTS) is 1. The van der Waals surface area contributed by atoms with E-state index in [-0.39, 0.29) is 18.4 Å². The van der Waals surface area contributed by atoms with Crippen LogP contribution < -0.4 is 0 Å². The van der Waals surface area contributed by atoms with E-state index in [0.29, 0.717) is 36.1 Å². The minimum absolute atomic E-state index is 0.142. The molecular formula is C13H14ClNO4S. The molecule has 0 aliphatic carbocycles. The smallest absolute Gasteiger partial charge is 0.311 e. The summed E-state index contributed by atoms with van der Waals surface area (Å²) >= 11 is 7.27. The Morgan fingerprint density at radius 2 is 2.35 bits per heavy atom. The molecule has 0 spiro atoms. The Morgan fingerprint density at radius 1 is 1.55 bits per heavy atom. The fourth-order valence-corrected chi connectivity index (χ4v) is 4.15.